The largest absolute Gasteiger partial charge is 0.496 e. The number of likely N-dealkylation sites (N-methyl/N-ethyl adjacent to an activating group) is 1. The lowest BCUT2D eigenvalue weighted by Gasteiger charge is -2.63. The molecule has 1 saturated carbocycles. The van der Waals surface area contributed by atoms with E-state index in [4.69, 9.17) is 59.8 Å². The number of anilines is 1. The fourth-order valence-electron chi connectivity index (χ4n) is 13.3. The van der Waals surface area contributed by atoms with Crippen LogP contribution in [-0.2, 0) is 59.7 Å². The normalized spacial score (nSPS) is 29.9. The number of hydrogen-bond donors (Lipinski definition) is 10. The summed E-state index contributed by atoms with van der Waals surface area (Å²) >= 11 is 0. The number of methoxy groups -OCH3 is 3. The highest BCUT2D eigenvalue weighted by Crippen LogP contribution is 2.68. The molecule has 0 amide bonds. The number of carbonyl (C=O) groups excluding carboxylic acids is 3. The molecule has 1 saturated heterocycles. The SMILES string of the molecule is CCC1=C[C@@H]2CN(C1)Cc1c([nH]c3ccccc13)[C@H](C(=O)OC)[C@H]2c1cc2c(cc1OC)N(C)C1[C@]23CCN2CC=CC(CC)([C@@H](OC(C)=O)[C@]1(O)C(=O)OC)[C@H]23.O=C(O)C(O)C(O)C(=O)O.O=C(O)C(O)C(O)C(=O)O. The number of aromatic nitrogens is 1. The molecule has 2 aromatic carbocycles. The summed E-state index contributed by atoms with van der Waals surface area (Å²) in [6.45, 7) is 9.22. The number of benzene rings is 2. The Balaban J connectivity index is 0.000000365. The third-order valence-electron chi connectivity index (χ3n) is 16.3. The number of ether oxygens (including phenoxy) is 4. The predicted molar refractivity (Wildman–Crippen MR) is 269 cm³/mol. The monoisotopic (exact) mass is 1080 g/mol. The first-order chi connectivity index (χ1) is 36.4. The van der Waals surface area contributed by atoms with E-state index in [-0.39, 0.29) is 17.9 Å². The molecular formula is C53H66N4O20. The van der Waals surface area contributed by atoms with Gasteiger partial charge in [0, 0.05) is 91.3 Å². The van der Waals surface area contributed by atoms with Gasteiger partial charge < -0.3 is 74.8 Å². The Morgan fingerprint density at radius 1 is 0.831 bits per heavy atom. The van der Waals surface area contributed by atoms with Gasteiger partial charge in [-0.1, -0.05) is 55.8 Å². The van der Waals surface area contributed by atoms with Crippen molar-refractivity contribution in [1.82, 2.24) is 14.8 Å². The molecule has 24 heteroatoms. The molecule has 418 valence electrons. The van der Waals surface area contributed by atoms with Crippen molar-refractivity contribution in [3.8, 4) is 5.75 Å². The topological polar surface area (TPSA) is 364 Å². The van der Waals surface area contributed by atoms with E-state index in [1.165, 1.54) is 26.7 Å². The molecule has 9 rings (SSSR count). The summed E-state index contributed by atoms with van der Waals surface area (Å²) in [4.78, 5) is 91.5. The van der Waals surface area contributed by atoms with Crippen LogP contribution >= 0.6 is 0 Å². The van der Waals surface area contributed by atoms with Gasteiger partial charge in [-0.05, 0) is 60.5 Å². The lowest BCUT2D eigenvalue weighted by Crippen LogP contribution is -2.81. The maximum absolute atomic E-state index is 14.5. The van der Waals surface area contributed by atoms with E-state index in [0.717, 1.165) is 58.5 Å². The second kappa shape index (κ2) is 22.2. The fraction of sp³-hybridized carbons (Fsp3) is 0.528. The molecule has 2 fully saturated rings. The van der Waals surface area contributed by atoms with Gasteiger partial charge in [0.05, 0.1) is 27.4 Å². The summed E-state index contributed by atoms with van der Waals surface area (Å²) < 4.78 is 23.7. The van der Waals surface area contributed by atoms with E-state index in [1.807, 2.05) is 37.1 Å². The standard InChI is InChI=1S/C45H54N4O8.2C4H6O6/c1-8-26-19-27-23-48(22-26)24-30-28-13-10-11-14-32(28)46-37(30)36(38(51)55-6)35(27)29-20-31-33(21-34(29)54-5)47(4)40-44(31)16-18-49-17-12-15-43(9-2,39(44)49)41(57-25(3)50)45(40,53)42(52)56-7;2*5-1(3(7)8)2(6)4(9)10/h10-15,19-21,27,35-36,39-41,46,53H,8-9,16-18,22-24H2,1-7H3;2*1-2,5-6H,(H,7,8)(H,9,10)/t27-,35-,36-,39+,40?,41-,43?,44-,45+;;/m1../s1. The van der Waals surface area contributed by atoms with Crippen molar-refractivity contribution in [3.05, 3.63) is 82.6 Å². The van der Waals surface area contributed by atoms with E-state index < -0.39 is 101 Å². The number of carboxylic acids is 4. The van der Waals surface area contributed by atoms with Crippen LogP contribution in [0.5, 0.6) is 5.75 Å². The number of aliphatic carboxylic acids is 4. The molecule has 24 nitrogen and oxygen atoms in total. The molecule has 2 bridgehead atoms. The third kappa shape index (κ3) is 9.58. The number of nitrogens with one attached hydrogen (secondary N) is 1. The molecule has 1 aromatic heterocycles. The lowest BCUT2D eigenvalue weighted by atomic mass is 9.47. The van der Waals surface area contributed by atoms with Crippen molar-refractivity contribution >= 4 is 58.4 Å². The van der Waals surface area contributed by atoms with E-state index in [1.54, 1.807) is 7.11 Å². The van der Waals surface area contributed by atoms with Gasteiger partial charge in [0.1, 0.15) is 11.7 Å². The van der Waals surface area contributed by atoms with E-state index >= 15 is 0 Å². The Kier molecular flexibility index (Phi) is 16.7. The Labute approximate surface area is 441 Å². The zero-order valence-corrected chi connectivity index (χ0v) is 43.5. The quantitative estimate of drug-likeness (QED) is 0.0640. The molecule has 77 heavy (non-hydrogen) atoms. The number of aromatic amines is 1. The second-order valence-electron chi connectivity index (χ2n) is 20.2. The van der Waals surface area contributed by atoms with Crippen molar-refractivity contribution < 1.29 is 98.5 Å². The minimum Gasteiger partial charge on any atom is -0.496 e. The number of carboxylic acid groups (broad SMARTS) is 4. The van der Waals surface area contributed by atoms with E-state index in [9.17, 15) is 38.7 Å². The molecule has 0 radical (unpaired) electrons. The summed E-state index contributed by atoms with van der Waals surface area (Å²) in [7, 11) is 6.29. The van der Waals surface area contributed by atoms with Gasteiger partial charge >= 0.3 is 41.8 Å². The first-order valence-corrected chi connectivity index (χ1v) is 24.9. The molecule has 5 aliphatic heterocycles. The lowest BCUT2D eigenvalue weighted by molar-refractivity contribution is -0.228. The number of para-hydroxylation sites is 1. The Morgan fingerprint density at radius 2 is 1.44 bits per heavy atom. The molecule has 6 heterocycles. The molecule has 14 atom stereocenters. The maximum Gasteiger partial charge on any atom is 0.344 e. The number of fused-ring (bicyclic) bond motifs is 6. The molecule has 10 N–H and O–H groups in total. The van der Waals surface area contributed by atoms with Crippen molar-refractivity contribution in [2.75, 3.05) is 59.5 Å². The molecule has 6 aliphatic rings. The van der Waals surface area contributed by atoms with Crippen LogP contribution in [0.2, 0.25) is 0 Å². The van der Waals surface area contributed by atoms with Gasteiger partial charge in [-0.15, -0.1) is 0 Å². The van der Waals surface area contributed by atoms with Gasteiger partial charge in [0.25, 0.3) is 0 Å². The van der Waals surface area contributed by atoms with Crippen molar-refractivity contribution in [3.63, 3.8) is 0 Å². The molecule has 7 unspecified atom stereocenters. The van der Waals surface area contributed by atoms with Crippen LogP contribution in [0.3, 0.4) is 0 Å². The fourth-order valence-corrected chi connectivity index (χ4v) is 13.3. The smallest absolute Gasteiger partial charge is 0.344 e. The average molecular weight is 1080 g/mol. The Hall–Kier alpha value is -6.93. The summed E-state index contributed by atoms with van der Waals surface area (Å²) in [5.41, 5.74) is 2.91. The maximum atomic E-state index is 14.5. The van der Waals surface area contributed by atoms with Crippen molar-refractivity contribution in [2.45, 2.75) is 112 Å². The van der Waals surface area contributed by atoms with Gasteiger partial charge in [-0.25, -0.2) is 24.0 Å². The van der Waals surface area contributed by atoms with Crippen LogP contribution in [0.25, 0.3) is 10.9 Å². The zero-order chi connectivity index (χ0) is 56.8. The zero-order valence-electron chi connectivity index (χ0n) is 43.5. The number of aliphatic hydroxyl groups excluding tert-OH is 4. The number of esters is 3. The second-order valence-corrected chi connectivity index (χ2v) is 20.2. The first-order valence-electron chi connectivity index (χ1n) is 24.9. The van der Waals surface area contributed by atoms with Gasteiger partial charge in [0.2, 0.25) is 5.60 Å². The van der Waals surface area contributed by atoms with Crippen LogP contribution in [0.4, 0.5) is 5.69 Å². The Bertz CT molecular complexity index is 2810. The average Bonchev–Trinajstić information content (AvgIpc) is 4.22. The molecule has 3 aromatic rings. The summed E-state index contributed by atoms with van der Waals surface area (Å²) in [6, 6.07) is 11.4. The highest BCUT2D eigenvalue weighted by Gasteiger charge is 2.80. The van der Waals surface area contributed by atoms with Crippen LogP contribution in [0.1, 0.15) is 74.3 Å². The van der Waals surface area contributed by atoms with Gasteiger partial charge in [-0.2, -0.15) is 0 Å². The first kappa shape index (κ1) is 57.8. The van der Waals surface area contributed by atoms with E-state index in [0.29, 0.717) is 38.2 Å². The van der Waals surface area contributed by atoms with Gasteiger partial charge in [0.15, 0.2) is 30.5 Å². The molecular weight excluding hydrogens is 1010 g/mol. The number of rotatable bonds is 13. The number of H-pyrrole nitrogens is 1. The number of nitrogens with zero attached hydrogens (tertiary/aromatic N) is 3. The predicted octanol–water partition coefficient (Wildman–Crippen LogP) is 0.700. The summed E-state index contributed by atoms with van der Waals surface area (Å²) in [5, 5.41) is 79.4. The molecule has 1 spiro atoms. The Morgan fingerprint density at radius 3 is 1.97 bits per heavy atom. The van der Waals surface area contributed by atoms with Crippen molar-refractivity contribution in [1.29, 1.82) is 0 Å². The minimum atomic E-state index is -2.27. The number of carbonyl (C=O) groups is 7. The third-order valence-corrected chi connectivity index (χ3v) is 16.3. The molecule has 1 aliphatic carbocycles. The highest BCUT2D eigenvalue weighted by molar-refractivity contribution is 5.90. The van der Waals surface area contributed by atoms with Crippen LogP contribution < -0.4 is 9.64 Å². The van der Waals surface area contributed by atoms with Crippen LogP contribution in [0, 0.1) is 11.3 Å². The summed E-state index contributed by atoms with van der Waals surface area (Å²) in [5.74, 6) is -9.40. The summed E-state index contributed by atoms with van der Waals surface area (Å²) in [6.07, 6.45) is -1.74. The highest BCUT2D eigenvalue weighted by atomic mass is 16.6. The number of aliphatic hydroxyl groups is 5. The number of hydrogen-bond acceptors (Lipinski definition) is 19. The van der Waals surface area contributed by atoms with Crippen LogP contribution in [0.15, 0.2) is 60.2 Å². The van der Waals surface area contributed by atoms with Gasteiger partial charge in [-0.3, -0.25) is 19.4 Å². The van der Waals surface area contributed by atoms with Crippen LogP contribution in [-0.4, -0.2) is 205 Å². The van der Waals surface area contributed by atoms with E-state index in [2.05, 4.69) is 58.1 Å². The minimum absolute atomic E-state index is 0.0733. The van der Waals surface area contributed by atoms with Crippen molar-refractivity contribution in [2.24, 2.45) is 11.3 Å².